The van der Waals surface area contributed by atoms with Crippen LogP contribution in [0.15, 0.2) is 35.0 Å². The van der Waals surface area contributed by atoms with Crippen molar-refractivity contribution in [2.45, 2.75) is 6.92 Å². The maximum atomic E-state index is 5.90. The number of hydrogen-bond donors (Lipinski definition) is 1. The normalized spacial score (nSPS) is 10.8. The van der Waals surface area contributed by atoms with Crippen molar-refractivity contribution >= 4 is 28.8 Å². The largest absolute Gasteiger partial charge is 0.380 e. The molecule has 2 heterocycles. The van der Waals surface area contributed by atoms with Gasteiger partial charge in [-0.3, -0.25) is 0 Å². The summed E-state index contributed by atoms with van der Waals surface area (Å²) in [7, 11) is 0. The first-order chi connectivity index (χ1) is 9.15. The fourth-order valence-corrected chi connectivity index (χ4v) is 2.72. The fraction of sp³-hybridized carbons (Fsp3) is 0.0769. The smallest absolute Gasteiger partial charge is 0.188 e. The Morgan fingerprint density at radius 2 is 2.00 bits per heavy atom. The van der Waals surface area contributed by atoms with Crippen LogP contribution in [0.5, 0.6) is 0 Å². The zero-order chi connectivity index (χ0) is 13.4. The van der Waals surface area contributed by atoms with E-state index in [1.807, 2.05) is 31.2 Å². The number of aromatic nitrogens is 2. The van der Waals surface area contributed by atoms with Gasteiger partial charge < -0.3 is 10.3 Å². The van der Waals surface area contributed by atoms with Crippen LogP contribution in [0.25, 0.3) is 21.8 Å². The van der Waals surface area contributed by atoms with Gasteiger partial charge in [-0.05, 0) is 24.6 Å². The Morgan fingerprint density at radius 3 is 2.63 bits per heavy atom. The van der Waals surface area contributed by atoms with Crippen LogP contribution in [0.1, 0.15) is 5.01 Å². The maximum Gasteiger partial charge on any atom is 0.188 e. The van der Waals surface area contributed by atoms with E-state index in [-0.39, 0.29) is 0 Å². The molecule has 0 spiro atoms. The summed E-state index contributed by atoms with van der Waals surface area (Å²) in [6.07, 6.45) is 1.76. The van der Waals surface area contributed by atoms with Crippen molar-refractivity contribution < 1.29 is 4.52 Å². The number of hydrogen-bond acceptors (Lipinski definition) is 5. The zero-order valence-corrected chi connectivity index (χ0v) is 11.6. The standard InChI is InChI=1S/C13H10ClN3OS/c1-7-16-6-10(19-7)12-11(13(15)17-18-12)8-2-4-9(14)5-3-8/h2-6H,1H3,(H2,15,17). The van der Waals surface area contributed by atoms with Crippen molar-refractivity contribution in [3.63, 3.8) is 0 Å². The number of anilines is 1. The molecule has 0 atom stereocenters. The second-order valence-electron chi connectivity index (χ2n) is 4.02. The number of nitrogens with zero attached hydrogens (tertiary/aromatic N) is 2. The lowest BCUT2D eigenvalue weighted by Crippen LogP contribution is -1.88. The molecule has 4 nitrogen and oxygen atoms in total. The lowest BCUT2D eigenvalue weighted by atomic mass is 10.1. The highest BCUT2D eigenvalue weighted by Gasteiger charge is 2.19. The van der Waals surface area contributed by atoms with E-state index >= 15 is 0 Å². The van der Waals surface area contributed by atoms with Crippen LogP contribution in [0, 0.1) is 6.92 Å². The number of thiazole rings is 1. The molecule has 3 aromatic rings. The van der Waals surface area contributed by atoms with Gasteiger partial charge in [0.2, 0.25) is 0 Å². The Labute approximate surface area is 118 Å². The summed E-state index contributed by atoms with van der Waals surface area (Å²) in [5, 5.41) is 5.49. The quantitative estimate of drug-likeness (QED) is 0.775. The summed E-state index contributed by atoms with van der Waals surface area (Å²) in [6, 6.07) is 7.40. The summed E-state index contributed by atoms with van der Waals surface area (Å²) in [5.74, 6) is 1.01. The second-order valence-corrected chi connectivity index (χ2v) is 5.69. The van der Waals surface area contributed by atoms with Crippen molar-refractivity contribution in [2.75, 3.05) is 5.73 Å². The number of aryl methyl sites for hydroxylation is 1. The average molecular weight is 292 g/mol. The highest BCUT2D eigenvalue weighted by atomic mass is 35.5. The number of benzene rings is 1. The van der Waals surface area contributed by atoms with E-state index in [1.165, 1.54) is 11.3 Å². The third-order valence-corrected chi connectivity index (χ3v) is 3.86. The van der Waals surface area contributed by atoms with Gasteiger partial charge in [-0.1, -0.05) is 28.9 Å². The minimum atomic E-state index is 0.364. The van der Waals surface area contributed by atoms with Crippen molar-refractivity contribution in [3.8, 4) is 21.8 Å². The van der Waals surface area contributed by atoms with Crippen LogP contribution in [-0.2, 0) is 0 Å². The number of rotatable bonds is 2. The molecular weight excluding hydrogens is 282 g/mol. The molecule has 6 heteroatoms. The van der Waals surface area contributed by atoms with E-state index in [0.717, 1.165) is 21.0 Å². The lowest BCUT2D eigenvalue weighted by Gasteiger charge is -2.01. The molecule has 96 valence electrons. The lowest BCUT2D eigenvalue weighted by molar-refractivity contribution is 0.437. The first kappa shape index (κ1) is 12.2. The third kappa shape index (κ3) is 2.22. The van der Waals surface area contributed by atoms with E-state index < -0.39 is 0 Å². The van der Waals surface area contributed by atoms with Gasteiger partial charge in [0.1, 0.15) is 0 Å². The van der Waals surface area contributed by atoms with Crippen molar-refractivity contribution in [1.82, 2.24) is 10.1 Å². The summed E-state index contributed by atoms with van der Waals surface area (Å²) in [4.78, 5) is 5.13. The number of halogens is 1. The molecule has 0 saturated heterocycles. The molecule has 0 unspecified atom stereocenters. The van der Waals surface area contributed by atoms with Crippen LogP contribution >= 0.6 is 22.9 Å². The van der Waals surface area contributed by atoms with Gasteiger partial charge in [-0.25, -0.2) is 4.98 Å². The Balaban J connectivity index is 2.16. The average Bonchev–Trinajstić information content (AvgIpc) is 2.97. The Kier molecular flexibility index (Phi) is 3.00. The van der Waals surface area contributed by atoms with Gasteiger partial charge in [0.05, 0.1) is 15.4 Å². The molecule has 2 N–H and O–H groups in total. The first-order valence-electron chi connectivity index (χ1n) is 5.59. The van der Waals surface area contributed by atoms with E-state index in [9.17, 15) is 0 Å². The number of nitrogens with two attached hydrogens (primary N) is 1. The van der Waals surface area contributed by atoms with Gasteiger partial charge in [-0.2, -0.15) is 0 Å². The minimum absolute atomic E-state index is 0.364. The predicted molar refractivity (Wildman–Crippen MR) is 77.2 cm³/mol. The molecule has 0 aliphatic rings. The molecule has 0 aliphatic carbocycles. The van der Waals surface area contributed by atoms with Crippen LogP contribution < -0.4 is 5.73 Å². The van der Waals surface area contributed by atoms with Crippen molar-refractivity contribution in [3.05, 3.63) is 40.5 Å². The van der Waals surface area contributed by atoms with E-state index in [4.69, 9.17) is 21.9 Å². The summed E-state index contributed by atoms with van der Waals surface area (Å²) in [5.41, 5.74) is 7.60. The zero-order valence-electron chi connectivity index (χ0n) is 10.1. The molecular formula is C13H10ClN3OS. The fourth-order valence-electron chi connectivity index (χ4n) is 1.83. The van der Waals surface area contributed by atoms with Gasteiger partial charge in [0.25, 0.3) is 0 Å². The third-order valence-electron chi connectivity index (χ3n) is 2.70. The van der Waals surface area contributed by atoms with Gasteiger partial charge in [0, 0.05) is 11.2 Å². The summed E-state index contributed by atoms with van der Waals surface area (Å²) < 4.78 is 5.34. The highest BCUT2D eigenvalue weighted by molar-refractivity contribution is 7.15. The SMILES string of the molecule is Cc1ncc(-c2onc(N)c2-c2ccc(Cl)cc2)s1. The van der Waals surface area contributed by atoms with Crippen molar-refractivity contribution in [1.29, 1.82) is 0 Å². The predicted octanol–water partition coefficient (Wildman–Crippen LogP) is 4.01. The second kappa shape index (κ2) is 4.68. The summed E-state index contributed by atoms with van der Waals surface area (Å²) in [6.45, 7) is 1.94. The van der Waals surface area contributed by atoms with E-state index in [1.54, 1.807) is 6.20 Å². The highest BCUT2D eigenvalue weighted by Crippen LogP contribution is 2.38. The maximum absolute atomic E-state index is 5.90. The van der Waals surface area contributed by atoms with E-state index in [2.05, 4.69) is 10.1 Å². The van der Waals surface area contributed by atoms with Crippen LogP contribution in [0.2, 0.25) is 5.02 Å². The van der Waals surface area contributed by atoms with Crippen molar-refractivity contribution in [2.24, 2.45) is 0 Å². The molecule has 0 saturated carbocycles. The monoisotopic (exact) mass is 291 g/mol. The van der Waals surface area contributed by atoms with Gasteiger partial charge in [-0.15, -0.1) is 11.3 Å². The molecule has 1 aromatic carbocycles. The molecule has 19 heavy (non-hydrogen) atoms. The molecule has 0 radical (unpaired) electrons. The summed E-state index contributed by atoms with van der Waals surface area (Å²) >= 11 is 7.43. The van der Waals surface area contributed by atoms with E-state index in [0.29, 0.717) is 16.6 Å². The Morgan fingerprint density at radius 1 is 1.26 bits per heavy atom. The molecule has 0 bridgehead atoms. The Bertz CT molecular complexity index is 718. The first-order valence-corrected chi connectivity index (χ1v) is 6.78. The molecule has 2 aromatic heterocycles. The van der Waals surface area contributed by atoms with Gasteiger partial charge >= 0.3 is 0 Å². The van der Waals surface area contributed by atoms with Crippen LogP contribution in [0.4, 0.5) is 5.82 Å². The molecule has 0 fully saturated rings. The Hall–Kier alpha value is -1.85. The number of nitrogen functional groups attached to an aromatic ring is 1. The molecule has 0 amide bonds. The molecule has 3 rings (SSSR count). The minimum Gasteiger partial charge on any atom is -0.380 e. The van der Waals surface area contributed by atoms with Gasteiger partial charge in [0.15, 0.2) is 11.6 Å². The molecule has 0 aliphatic heterocycles. The van der Waals surface area contributed by atoms with Crippen LogP contribution in [0.3, 0.4) is 0 Å². The topological polar surface area (TPSA) is 64.9 Å². The van der Waals surface area contributed by atoms with Crippen LogP contribution in [-0.4, -0.2) is 10.1 Å².